The number of amides is 1. The van der Waals surface area contributed by atoms with Gasteiger partial charge in [0.1, 0.15) is 5.01 Å². The number of carbonyl (C=O) groups is 1. The second-order valence-corrected chi connectivity index (χ2v) is 8.69. The predicted octanol–water partition coefficient (Wildman–Crippen LogP) is 3.16. The highest BCUT2D eigenvalue weighted by atomic mass is 35.5. The van der Waals surface area contributed by atoms with Gasteiger partial charge in [-0.05, 0) is 31.2 Å². The predicted molar refractivity (Wildman–Crippen MR) is 105 cm³/mol. The fraction of sp³-hybridized carbons (Fsp3) is 0.118. The lowest BCUT2D eigenvalue weighted by Gasteiger charge is -2.13. The SMILES string of the molecule is C[C@@H](NS(=O)(=O)c1ccccc1)C(=O)Nc1nnc(-c2ccc(Cl)cc2)s1. The van der Waals surface area contributed by atoms with E-state index in [4.69, 9.17) is 11.6 Å². The summed E-state index contributed by atoms with van der Waals surface area (Å²) in [6.07, 6.45) is 0. The monoisotopic (exact) mass is 422 g/mol. The van der Waals surface area contributed by atoms with Crippen molar-refractivity contribution in [1.82, 2.24) is 14.9 Å². The lowest BCUT2D eigenvalue weighted by atomic mass is 10.2. The molecule has 1 aromatic heterocycles. The number of nitrogens with one attached hydrogen (secondary N) is 2. The van der Waals surface area contributed by atoms with Crippen LogP contribution in [0, 0.1) is 0 Å². The first kappa shape index (κ1) is 19.4. The first-order chi connectivity index (χ1) is 12.8. The summed E-state index contributed by atoms with van der Waals surface area (Å²) in [6, 6.07) is 13.9. The third-order valence-corrected chi connectivity index (χ3v) is 6.22. The number of carbonyl (C=O) groups excluding carboxylic acids is 1. The molecule has 3 rings (SSSR count). The topological polar surface area (TPSA) is 101 Å². The molecule has 0 unspecified atom stereocenters. The van der Waals surface area contributed by atoms with Crippen LogP contribution in [-0.2, 0) is 14.8 Å². The minimum atomic E-state index is -3.79. The molecular formula is C17H15ClN4O3S2. The number of benzene rings is 2. The summed E-state index contributed by atoms with van der Waals surface area (Å²) in [5.41, 5.74) is 0.815. The minimum absolute atomic E-state index is 0.0885. The number of rotatable bonds is 6. The van der Waals surface area contributed by atoms with Crippen LogP contribution in [0.5, 0.6) is 0 Å². The largest absolute Gasteiger partial charge is 0.299 e. The van der Waals surface area contributed by atoms with E-state index in [9.17, 15) is 13.2 Å². The Bertz CT molecular complexity index is 1040. The maximum absolute atomic E-state index is 12.3. The Labute approximate surface area is 165 Å². The number of nitrogens with zero attached hydrogens (tertiary/aromatic N) is 2. The smallest absolute Gasteiger partial charge is 0.244 e. The van der Waals surface area contributed by atoms with Crippen LogP contribution in [0.2, 0.25) is 5.02 Å². The number of aromatic nitrogens is 2. The van der Waals surface area contributed by atoms with Gasteiger partial charge in [-0.3, -0.25) is 10.1 Å². The van der Waals surface area contributed by atoms with Crippen LogP contribution in [-0.4, -0.2) is 30.6 Å². The zero-order chi connectivity index (χ0) is 19.4. The zero-order valence-electron chi connectivity index (χ0n) is 14.1. The van der Waals surface area contributed by atoms with Crippen molar-refractivity contribution in [3.05, 3.63) is 59.6 Å². The van der Waals surface area contributed by atoms with E-state index < -0.39 is 22.0 Å². The Morgan fingerprint density at radius 2 is 1.74 bits per heavy atom. The van der Waals surface area contributed by atoms with Gasteiger partial charge in [-0.1, -0.05) is 53.3 Å². The molecule has 0 saturated carbocycles. The van der Waals surface area contributed by atoms with Crippen molar-refractivity contribution >= 4 is 44.0 Å². The van der Waals surface area contributed by atoms with E-state index in [0.29, 0.717) is 10.0 Å². The first-order valence-electron chi connectivity index (χ1n) is 7.83. The molecule has 2 aromatic carbocycles. The molecule has 1 amide bonds. The van der Waals surface area contributed by atoms with Crippen LogP contribution < -0.4 is 10.0 Å². The van der Waals surface area contributed by atoms with Crippen LogP contribution in [0.3, 0.4) is 0 Å². The maximum Gasteiger partial charge on any atom is 0.244 e. The molecule has 2 N–H and O–H groups in total. The standard InChI is InChI=1S/C17H15ClN4O3S2/c1-11(22-27(24,25)14-5-3-2-4-6-14)15(23)19-17-21-20-16(26-17)12-7-9-13(18)10-8-12/h2-11,22H,1H3,(H,19,21,23)/t11-/m1/s1. The van der Waals surface area contributed by atoms with Crippen LogP contribution in [0.15, 0.2) is 59.5 Å². The van der Waals surface area contributed by atoms with Crippen molar-refractivity contribution in [1.29, 1.82) is 0 Å². The molecule has 0 radical (unpaired) electrons. The van der Waals surface area contributed by atoms with Crippen molar-refractivity contribution in [2.75, 3.05) is 5.32 Å². The third-order valence-electron chi connectivity index (χ3n) is 3.53. The number of halogens is 1. The molecule has 10 heteroatoms. The number of sulfonamides is 1. The van der Waals surface area contributed by atoms with Gasteiger partial charge >= 0.3 is 0 Å². The molecular weight excluding hydrogens is 408 g/mol. The number of hydrogen-bond donors (Lipinski definition) is 2. The van der Waals surface area contributed by atoms with Crippen LogP contribution >= 0.6 is 22.9 Å². The molecule has 1 heterocycles. The summed E-state index contributed by atoms with van der Waals surface area (Å²) in [6.45, 7) is 1.46. The maximum atomic E-state index is 12.3. The summed E-state index contributed by atoms with van der Waals surface area (Å²) in [4.78, 5) is 12.4. The Hall–Kier alpha value is -2.33. The molecule has 140 valence electrons. The highest BCUT2D eigenvalue weighted by Crippen LogP contribution is 2.27. The van der Waals surface area contributed by atoms with Crippen molar-refractivity contribution in [2.45, 2.75) is 17.9 Å². The Morgan fingerprint density at radius 3 is 2.41 bits per heavy atom. The molecule has 0 spiro atoms. The molecule has 1 atom stereocenters. The lowest BCUT2D eigenvalue weighted by Crippen LogP contribution is -2.41. The van der Waals surface area contributed by atoms with E-state index in [-0.39, 0.29) is 10.0 Å². The molecule has 0 bridgehead atoms. The molecule has 0 aliphatic carbocycles. The van der Waals surface area contributed by atoms with E-state index >= 15 is 0 Å². The molecule has 0 aliphatic heterocycles. The molecule has 3 aromatic rings. The van der Waals surface area contributed by atoms with Gasteiger partial charge in [0, 0.05) is 10.6 Å². The molecule has 0 fully saturated rings. The fourth-order valence-electron chi connectivity index (χ4n) is 2.15. The van der Waals surface area contributed by atoms with Gasteiger partial charge in [0.05, 0.1) is 10.9 Å². The average Bonchev–Trinajstić information content (AvgIpc) is 3.11. The van der Waals surface area contributed by atoms with E-state index in [1.165, 1.54) is 30.4 Å². The molecule has 7 nitrogen and oxygen atoms in total. The van der Waals surface area contributed by atoms with Gasteiger partial charge in [-0.2, -0.15) is 4.72 Å². The normalized spacial score (nSPS) is 12.5. The number of anilines is 1. The lowest BCUT2D eigenvalue weighted by molar-refractivity contribution is -0.117. The van der Waals surface area contributed by atoms with Gasteiger partial charge in [0.15, 0.2) is 0 Å². The summed E-state index contributed by atoms with van der Waals surface area (Å²) in [5.74, 6) is -0.534. The second kappa shape index (κ2) is 8.13. The van der Waals surface area contributed by atoms with E-state index in [0.717, 1.165) is 5.56 Å². The Balaban J connectivity index is 1.66. The van der Waals surface area contributed by atoms with E-state index in [1.54, 1.807) is 42.5 Å². The summed E-state index contributed by atoms with van der Waals surface area (Å²) < 4.78 is 26.9. The van der Waals surface area contributed by atoms with Crippen molar-refractivity contribution in [3.8, 4) is 10.6 Å². The van der Waals surface area contributed by atoms with Crippen molar-refractivity contribution in [3.63, 3.8) is 0 Å². The fourth-order valence-corrected chi connectivity index (χ4v) is 4.25. The van der Waals surface area contributed by atoms with Gasteiger partial charge in [0.25, 0.3) is 0 Å². The number of hydrogen-bond acceptors (Lipinski definition) is 6. The minimum Gasteiger partial charge on any atom is -0.299 e. The van der Waals surface area contributed by atoms with Gasteiger partial charge in [0.2, 0.25) is 21.1 Å². The second-order valence-electron chi connectivity index (χ2n) is 5.56. The Morgan fingerprint density at radius 1 is 1.07 bits per heavy atom. The summed E-state index contributed by atoms with van der Waals surface area (Å²) in [7, 11) is -3.79. The average molecular weight is 423 g/mol. The highest BCUT2D eigenvalue weighted by Gasteiger charge is 2.22. The van der Waals surface area contributed by atoms with E-state index in [2.05, 4.69) is 20.2 Å². The van der Waals surface area contributed by atoms with Crippen molar-refractivity contribution in [2.24, 2.45) is 0 Å². The van der Waals surface area contributed by atoms with Crippen LogP contribution in [0.1, 0.15) is 6.92 Å². The molecule has 0 saturated heterocycles. The van der Waals surface area contributed by atoms with Gasteiger partial charge < -0.3 is 0 Å². The molecule has 27 heavy (non-hydrogen) atoms. The van der Waals surface area contributed by atoms with Crippen LogP contribution in [0.4, 0.5) is 5.13 Å². The highest BCUT2D eigenvalue weighted by molar-refractivity contribution is 7.89. The summed E-state index contributed by atoms with van der Waals surface area (Å²) >= 11 is 7.04. The first-order valence-corrected chi connectivity index (χ1v) is 10.5. The zero-order valence-corrected chi connectivity index (χ0v) is 16.5. The Kier molecular flexibility index (Phi) is 5.85. The van der Waals surface area contributed by atoms with E-state index in [1.807, 2.05) is 0 Å². The summed E-state index contributed by atoms with van der Waals surface area (Å²) in [5, 5.41) is 12.0. The van der Waals surface area contributed by atoms with Gasteiger partial charge in [-0.25, -0.2) is 8.42 Å². The quantitative estimate of drug-likeness (QED) is 0.635. The third kappa shape index (κ3) is 4.89. The van der Waals surface area contributed by atoms with Gasteiger partial charge in [-0.15, -0.1) is 10.2 Å². The van der Waals surface area contributed by atoms with Crippen LogP contribution in [0.25, 0.3) is 10.6 Å². The van der Waals surface area contributed by atoms with Crippen molar-refractivity contribution < 1.29 is 13.2 Å². The molecule has 0 aliphatic rings.